The number of fused-ring (bicyclic) bond motifs is 7. The van der Waals surface area contributed by atoms with Gasteiger partial charge < -0.3 is 46.1 Å². The molecule has 16 heteroatoms. The number of carboxylic acid groups (broad SMARTS) is 1. The number of carboxylic acids is 1. The molecule has 3 saturated carbocycles. The number of hydrogen-bond donors (Lipinski definition) is 7. The summed E-state index contributed by atoms with van der Waals surface area (Å²) in [4.78, 5) is 77.1. The van der Waals surface area contributed by atoms with Gasteiger partial charge in [0.05, 0.1) is 23.9 Å². The summed E-state index contributed by atoms with van der Waals surface area (Å²) in [5.41, 5.74) is 3.21. The van der Waals surface area contributed by atoms with Gasteiger partial charge in [0, 0.05) is 46.2 Å². The standard InChI is InChI=1S/C56H74N4O11S/c1-8-10-12-32(3)72-44(29-48(65)66)52(69)57-24-22-47(64)58-33(4)50(67)59-34(5)51(68)60-40-14-11-13-37(27-40)25-36-15-17-38(18-16-36)53-70-46-28-42-41-20-19-39-26-35(9-2)21-23-54(39,6)49(41)43(62)30-55(42,7)56(46,71-53)45(63)31-61/h9,11,13-18,21,23,26-27,32-34,41-44,46,49,53,61-62H,8,10,12,19-20,22,24-25,28-31H2,1-7H3,(H,57,69)(H,58,64)(H,59,67)(H,60,68)(H,65,66)/b35-9+/t32?,33-,34-,41-,42-,43-,44?,46+,49+,53+,54-,55-,56+/m0/s1. The third-order valence-corrected chi connectivity index (χ3v) is 17.6. The molecule has 2 unspecified atom stereocenters. The Morgan fingerprint density at radius 2 is 1.69 bits per heavy atom. The molecule has 4 amide bonds. The maximum atomic E-state index is 14.1. The van der Waals surface area contributed by atoms with Crippen LogP contribution < -0.4 is 21.3 Å². The van der Waals surface area contributed by atoms with Crippen LogP contribution in [0.2, 0.25) is 0 Å². The van der Waals surface area contributed by atoms with Crippen LogP contribution in [0, 0.1) is 28.6 Å². The van der Waals surface area contributed by atoms with Gasteiger partial charge in [0.2, 0.25) is 23.6 Å². The highest BCUT2D eigenvalue weighted by Crippen LogP contribution is 2.70. The molecule has 13 atom stereocenters. The number of allylic oxidation sites excluding steroid dienone is 6. The molecule has 72 heavy (non-hydrogen) atoms. The fraction of sp³-hybridized carbons (Fsp3) is 0.571. The highest BCUT2D eigenvalue weighted by Gasteiger charge is 2.76. The number of ketones is 1. The zero-order valence-corrected chi connectivity index (χ0v) is 43.5. The van der Waals surface area contributed by atoms with Gasteiger partial charge in [0.1, 0.15) is 18.7 Å². The molecule has 15 nitrogen and oxygen atoms in total. The molecule has 0 bridgehead atoms. The monoisotopic (exact) mass is 1010 g/mol. The third kappa shape index (κ3) is 11.3. The largest absolute Gasteiger partial charge is 0.481 e. The van der Waals surface area contributed by atoms with Crippen molar-refractivity contribution < 1.29 is 53.6 Å². The second-order valence-corrected chi connectivity index (χ2v) is 22.7. The number of aliphatic hydroxyl groups excluding tert-OH is 2. The molecule has 7 rings (SSSR count). The molecule has 0 aromatic heterocycles. The number of benzene rings is 2. The van der Waals surface area contributed by atoms with E-state index >= 15 is 0 Å². The number of unbranched alkanes of at least 4 members (excludes halogenated alkanes) is 1. The van der Waals surface area contributed by atoms with Gasteiger partial charge in [-0.25, -0.2) is 0 Å². The Hall–Kier alpha value is -5.13. The van der Waals surface area contributed by atoms with E-state index in [2.05, 4.69) is 66.3 Å². The Morgan fingerprint density at radius 3 is 2.39 bits per heavy atom. The van der Waals surface area contributed by atoms with Gasteiger partial charge in [-0.3, -0.25) is 28.8 Å². The van der Waals surface area contributed by atoms with Crippen molar-refractivity contribution in [2.24, 2.45) is 28.6 Å². The lowest BCUT2D eigenvalue weighted by Gasteiger charge is -2.59. The topological polar surface area (TPSA) is 230 Å². The van der Waals surface area contributed by atoms with E-state index in [-0.39, 0.29) is 47.8 Å². The Bertz CT molecular complexity index is 2460. The van der Waals surface area contributed by atoms with Crippen LogP contribution in [0.4, 0.5) is 5.69 Å². The maximum absolute atomic E-state index is 14.1. The van der Waals surface area contributed by atoms with Gasteiger partial charge >= 0.3 is 5.97 Å². The van der Waals surface area contributed by atoms with Gasteiger partial charge in [0.15, 0.2) is 17.7 Å². The molecule has 0 spiro atoms. The summed E-state index contributed by atoms with van der Waals surface area (Å²) in [5, 5.41) is 41.9. The van der Waals surface area contributed by atoms with E-state index in [9.17, 15) is 44.1 Å². The summed E-state index contributed by atoms with van der Waals surface area (Å²) in [6, 6.07) is 13.2. The van der Waals surface area contributed by atoms with Crippen LogP contribution in [0.15, 0.2) is 84.0 Å². The van der Waals surface area contributed by atoms with Gasteiger partial charge in [-0.05, 0) is 100.0 Å². The number of thioether (sulfide) groups is 1. The van der Waals surface area contributed by atoms with Gasteiger partial charge in [-0.15, -0.1) is 11.8 Å². The maximum Gasteiger partial charge on any atom is 0.305 e. The van der Waals surface area contributed by atoms with Gasteiger partial charge in [-0.2, -0.15) is 0 Å². The fourth-order valence-corrected chi connectivity index (χ4v) is 13.8. The predicted octanol–water partition coefficient (Wildman–Crippen LogP) is 6.87. The number of carbonyl (C=O) groups excluding carboxylic acids is 5. The predicted molar refractivity (Wildman–Crippen MR) is 275 cm³/mol. The fourth-order valence-electron chi connectivity index (χ4n) is 12.5. The lowest BCUT2D eigenvalue weighted by atomic mass is 9.46. The van der Waals surface area contributed by atoms with Crippen LogP contribution in [-0.2, 0) is 44.7 Å². The molecule has 390 valence electrons. The number of carbonyl (C=O) groups is 6. The zero-order valence-electron chi connectivity index (χ0n) is 42.7. The molecule has 1 saturated heterocycles. The van der Waals surface area contributed by atoms with Crippen molar-refractivity contribution >= 4 is 52.8 Å². The molecule has 1 aliphatic heterocycles. The summed E-state index contributed by atoms with van der Waals surface area (Å²) >= 11 is 1.31. The first-order valence-corrected chi connectivity index (χ1v) is 26.7. The highest BCUT2D eigenvalue weighted by molar-refractivity contribution is 8.01. The second kappa shape index (κ2) is 23.0. The number of ether oxygens (including phenoxy) is 2. The minimum absolute atomic E-state index is 0.0105. The average molecular weight is 1010 g/mol. The van der Waals surface area contributed by atoms with E-state index in [4.69, 9.17) is 9.47 Å². The number of anilines is 1. The van der Waals surface area contributed by atoms with Crippen molar-refractivity contribution in [3.8, 4) is 0 Å². The Morgan fingerprint density at radius 1 is 0.958 bits per heavy atom. The quantitative estimate of drug-likeness (QED) is 0.0680. The molecular weight excluding hydrogens is 937 g/mol. The Balaban J connectivity index is 0.898. The number of nitrogens with one attached hydrogen (secondary N) is 4. The van der Waals surface area contributed by atoms with E-state index < -0.39 is 88.8 Å². The summed E-state index contributed by atoms with van der Waals surface area (Å²) in [5.74, 6) is -3.29. The molecule has 7 N–H and O–H groups in total. The first kappa shape index (κ1) is 54.6. The van der Waals surface area contributed by atoms with E-state index in [1.165, 1.54) is 36.8 Å². The SMILES string of the molecule is C/C=C1\C=C[C@@]2(C)C(=C1)CC[C@@H]1[C@@H]2[C@@H](O)C[C@@]2(C)[C@H]1C[C@H]1O[C@@H](c3ccc(Cc4cccc(NC(=O)[C@H](C)NC(=O)[C@H](C)NC(=O)CCNC(=O)C(CC(=O)O)SC(C)CCCC)c4)cc3)O[C@]12C(=O)CO. The van der Waals surface area contributed by atoms with Gasteiger partial charge in [0.25, 0.3) is 0 Å². The average Bonchev–Trinajstić information content (AvgIpc) is 3.85. The molecule has 1 heterocycles. The van der Waals surface area contributed by atoms with Gasteiger partial charge in [-0.1, -0.05) is 107 Å². The summed E-state index contributed by atoms with van der Waals surface area (Å²) < 4.78 is 13.5. The summed E-state index contributed by atoms with van der Waals surface area (Å²) in [7, 11) is 0. The molecule has 0 radical (unpaired) electrons. The molecule has 2 aromatic carbocycles. The zero-order chi connectivity index (χ0) is 52.1. The third-order valence-electron chi connectivity index (χ3n) is 16.2. The number of amides is 4. The Kier molecular flexibility index (Phi) is 17.4. The number of aliphatic carboxylic acids is 1. The normalized spacial score (nSPS) is 30.3. The molecule has 5 aliphatic rings. The van der Waals surface area contributed by atoms with Crippen LogP contribution >= 0.6 is 11.8 Å². The molecule has 2 aromatic rings. The molecular formula is C56H74N4O11S. The highest BCUT2D eigenvalue weighted by atomic mass is 32.2. The minimum Gasteiger partial charge on any atom is -0.481 e. The van der Waals surface area contributed by atoms with Crippen LogP contribution in [-0.4, -0.2) is 104 Å². The van der Waals surface area contributed by atoms with Crippen molar-refractivity contribution in [2.45, 2.75) is 159 Å². The van der Waals surface area contributed by atoms with Crippen LogP contribution in [0.3, 0.4) is 0 Å². The Labute approximate surface area is 427 Å². The smallest absolute Gasteiger partial charge is 0.305 e. The van der Waals surface area contributed by atoms with E-state index in [0.29, 0.717) is 24.9 Å². The molecule has 4 fully saturated rings. The van der Waals surface area contributed by atoms with E-state index in [1.807, 2.05) is 56.3 Å². The lowest BCUT2D eigenvalue weighted by Crippen LogP contribution is -2.63. The van der Waals surface area contributed by atoms with Crippen molar-refractivity contribution in [3.05, 3.63) is 101 Å². The second-order valence-electron chi connectivity index (χ2n) is 21.1. The molecule has 4 aliphatic carbocycles. The van der Waals surface area contributed by atoms with E-state index in [0.717, 1.165) is 48.8 Å². The van der Waals surface area contributed by atoms with Crippen LogP contribution in [0.25, 0.3) is 0 Å². The van der Waals surface area contributed by atoms with Crippen molar-refractivity contribution in [1.82, 2.24) is 16.0 Å². The van der Waals surface area contributed by atoms with Crippen molar-refractivity contribution in [1.29, 1.82) is 0 Å². The number of Topliss-reactive ketones (excluding diaryl/α,β-unsaturated/α-hetero) is 1. The van der Waals surface area contributed by atoms with Crippen LogP contribution in [0.5, 0.6) is 0 Å². The number of hydrogen-bond acceptors (Lipinski definition) is 11. The summed E-state index contributed by atoms with van der Waals surface area (Å²) in [6.07, 6.45) is 12.4. The first-order valence-electron chi connectivity index (χ1n) is 25.7. The van der Waals surface area contributed by atoms with Crippen molar-refractivity contribution in [3.63, 3.8) is 0 Å². The number of rotatable bonds is 21. The van der Waals surface area contributed by atoms with Crippen LogP contribution in [0.1, 0.15) is 129 Å². The summed E-state index contributed by atoms with van der Waals surface area (Å²) in [6.45, 7) is 12.7. The van der Waals surface area contributed by atoms with Crippen molar-refractivity contribution in [2.75, 3.05) is 18.5 Å². The number of aliphatic hydroxyl groups is 2. The lowest BCUT2D eigenvalue weighted by molar-refractivity contribution is -0.201. The first-order chi connectivity index (χ1) is 34.3. The van der Waals surface area contributed by atoms with E-state index in [1.54, 1.807) is 6.07 Å². The minimum atomic E-state index is -1.41.